The Kier molecular flexibility index (Phi) is 3.42. The van der Waals surface area contributed by atoms with Crippen LogP contribution in [-0.2, 0) is 0 Å². The van der Waals surface area contributed by atoms with Gasteiger partial charge in [-0.05, 0) is 33.4 Å². The third kappa shape index (κ3) is 2.47. The molecular formula is C11H23N3. The molecule has 2 aliphatic heterocycles. The van der Waals surface area contributed by atoms with E-state index < -0.39 is 0 Å². The standard InChI is InChI=1S/C11H23N3/c1-10-8-14(7-6-13(10)2)9-11-4-3-5-12-11/h10-12H,3-9H2,1-2H3. The van der Waals surface area contributed by atoms with Gasteiger partial charge in [-0.25, -0.2) is 0 Å². The van der Waals surface area contributed by atoms with Gasteiger partial charge in [0.1, 0.15) is 0 Å². The van der Waals surface area contributed by atoms with Gasteiger partial charge in [0, 0.05) is 38.3 Å². The normalized spacial score (nSPS) is 36.4. The van der Waals surface area contributed by atoms with Crippen LogP contribution in [0.2, 0.25) is 0 Å². The molecule has 0 saturated carbocycles. The van der Waals surface area contributed by atoms with Gasteiger partial charge in [0.2, 0.25) is 0 Å². The number of nitrogens with one attached hydrogen (secondary N) is 1. The minimum absolute atomic E-state index is 0.727. The molecule has 2 saturated heterocycles. The second-order valence-electron chi connectivity index (χ2n) is 4.88. The predicted molar refractivity (Wildman–Crippen MR) is 59.6 cm³/mol. The van der Waals surface area contributed by atoms with Gasteiger partial charge in [-0.2, -0.15) is 0 Å². The number of hydrogen-bond donors (Lipinski definition) is 1. The molecule has 2 unspecified atom stereocenters. The summed E-state index contributed by atoms with van der Waals surface area (Å²) in [5, 5.41) is 3.57. The predicted octanol–water partition coefficient (Wildman–Crippen LogP) is 0.374. The second-order valence-corrected chi connectivity index (χ2v) is 4.88. The van der Waals surface area contributed by atoms with Crippen LogP contribution in [-0.4, -0.2) is 61.7 Å². The van der Waals surface area contributed by atoms with Gasteiger partial charge in [-0.15, -0.1) is 0 Å². The van der Waals surface area contributed by atoms with Crippen LogP contribution in [0.15, 0.2) is 0 Å². The summed E-state index contributed by atoms with van der Waals surface area (Å²) in [6, 6.07) is 1.50. The molecule has 2 aliphatic rings. The third-order valence-corrected chi connectivity index (χ3v) is 3.68. The minimum Gasteiger partial charge on any atom is -0.313 e. The summed E-state index contributed by atoms with van der Waals surface area (Å²) in [5.41, 5.74) is 0. The van der Waals surface area contributed by atoms with Crippen molar-refractivity contribution in [3.63, 3.8) is 0 Å². The molecule has 3 nitrogen and oxygen atoms in total. The monoisotopic (exact) mass is 197 g/mol. The molecule has 0 aliphatic carbocycles. The molecular weight excluding hydrogens is 174 g/mol. The first-order valence-electron chi connectivity index (χ1n) is 5.91. The van der Waals surface area contributed by atoms with E-state index in [9.17, 15) is 0 Å². The van der Waals surface area contributed by atoms with E-state index in [2.05, 4.69) is 29.1 Å². The van der Waals surface area contributed by atoms with Crippen LogP contribution in [0.1, 0.15) is 19.8 Å². The quantitative estimate of drug-likeness (QED) is 0.690. The van der Waals surface area contributed by atoms with Crippen molar-refractivity contribution in [1.29, 1.82) is 0 Å². The highest BCUT2D eigenvalue weighted by Gasteiger charge is 2.23. The summed E-state index contributed by atoms with van der Waals surface area (Å²) in [6.45, 7) is 8.54. The van der Waals surface area contributed by atoms with E-state index in [1.807, 2.05) is 0 Å². The zero-order chi connectivity index (χ0) is 9.97. The first-order valence-corrected chi connectivity index (χ1v) is 5.91. The molecule has 0 spiro atoms. The van der Waals surface area contributed by atoms with Crippen LogP contribution in [0.4, 0.5) is 0 Å². The van der Waals surface area contributed by atoms with E-state index in [0.717, 1.165) is 12.1 Å². The molecule has 2 heterocycles. The average Bonchev–Trinajstić information content (AvgIpc) is 2.64. The van der Waals surface area contributed by atoms with Gasteiger partial charge in [0.05, 0.1) is 0 Å². The largest absolute Gasteiger partial charge is 0.313 e. The van der Waals surface area contributed by atoms with Crippen LogP contribution < -0.4 is 5.32 Å². The van der Waals surface area contributed by atoms with Crippen molar-refractivity contribution >= 4 is 0 Å². The van der Waals surface area contributed by atoms with Crippen LogP contribution in [0.3, 0.4) is 0 Å². The molecule has 1 N–H and O–H groups in total. The lowest BCUT2D eigenvalue weighted by molar-refractivity contribution is 0.0987. The fraction of sp³-hybridized carbons (Fsp3) is 1.00. The van der Waals surface area contributed by atoms with Crippen LogP contribution >= 0.6 is 0 Å². The maximum Gasteiger partial charge on any atom is 0.0195 e. The van der Waals surface area contributed by atoms with Crippen molar-refractivity contribution in [3.8, 4) is 0 Å². The van der Waals surface area contributed by atoms with Gasteiger partial charge in [-0.1, -0.05) is 0 Å². The zero-order valence-corrected chi connectivity index (χ0v) is 9.50. The van der Waals surface area contributed by atoms with Crippen molar-refractivity contribution in [1.82, 2.24) is 15.1 Å². The third-order valence-electron chi connectivity index (χ3n) is 3.68. The summed E-state index contributed by atoms with van der Waals surface area (Å²) < 4.78 is 0. The molecule has 14 heavy (non-hydrogen) atoms. The summed E-state index contributed by atoms with van der Waals surface area (Å²) >= 11 is 0. The van der Waals surface area contributed by atoms with Gasteiger partial charge in [0.15, 0.2) is 0 Å². The number of piperazine rings is 1. The summed E-state index contributed by atoms with van der Waals surface area (Å²) in [7, 11) is 2.23. The van der Waals surface area contributed by atoms with Crippen molar-refractivity contribution in [2.75, 3.05) is 39.8 Å². The Labute approximate surface area is 87.4 Å². The Morgan fingerprint density at radius 1 is 1.36 bits per heavy atom. The van der Waals surface area contributed by atoms with Crippen LogP contribution in [0.5, 0.6) is 0 Å². The van der Waals surface area contributed by atoms with E-state index in [-0.39, 0.29) is 0 Å². The van der Waals surface area contributed by atoms with Crippen molar-refractivity contribution in [3.05, 3.63) is 0 Å². The molecule has 0 aromatic rings. The Morgan fingerprint density at radius 3 is 2.86 bits per heavy atom. The number of hydrogen-bond acceptors (Lipinski definition) is 3. The summed E-state index contributed by atoms with van der Waals surface area (Å²) in [4.78, 5) is 5.08. The zero-order valence-electron chi connectivity index (χ0n) is 9.50. The van der Waals surface area contributed by atoms with E-state index in [4.69, 9.17) is 0 Å². The van der Waals surface area contributed by atoms with Crippen molar-refractivity contribution in [2.45, 2.75) is 31.8 Å². The lowest BCUT2D eigenvalue weighted by Gasteiger charge is -2.38. The number of likely N-dealkylation sites (N-methyl/N-ethyl adjacent to an activating group) is 1. The highest BCUT2D eigenvalue weighted by molar-refractivity contribution is 4.82. The highest BCUT2D eigenvalue weighted by atomic mass is 15.3. The average molecular weight is 197 g/mol. The Balaban J connectivity index is 1.75. The topological polar surface area (TPSA) is 18.5 Å². The molecule has 0 aromatic carbocycles. The molecule has 0 radical (unpaired) electrons. The smallest absolute Gasteiger partial charge is 0.0195 e. The molecule has 3 heteroatoms. The minimum atomic E-state index is 0.727. The van der Waals surface area contributed by atoms with E-state index in [0.29, 0.717) is 0 Å². The maximum absolute atomic E-state index is 3.57. The van der Waals surface area contributed by atoms with Crippen molar-refractivity contribution < 1.29 is 0 Å². The van der Waals surface area contributed by atoms with Gasteiger partial charge >= 0.3 is 0 Å². The fourth-order valence-electron chi connectivity index (χ4n) is 2.51. The van der Waals surface area contributed by atoms with Gasteiger partial charge < -0.3 is 10.2 Å². The van der Waals surface area contributed by atoms with Crippen molar-refractivity contribution in [2.24, 2.45) is 0 Å². The second kappa shape index (κ2) is 4.60. The van der Waals surface area contributed by atoms with Crippen LogP contribution in [0, 0.1) is 0 Å². The van der Waals surface area contributed by atoms with Gasteiger partial charge in [0.25, 0.3) is 0 Å². The lowest BCUT2D eigenvalue weighted by atomic mass is 10.1. The Hall–Kier alpha value is -0.120. The Bertz CT molecular complexity index is 177. The summed E-state index contributed by atoms with van der Waals surface area (Å²) in [5.74, 6) is 0. The Morgan fingerprint density at radius 2 is 2.21 bits per heavy atom. The van der Waals surface area contributed by atoms with E-state index in [1.54, 1.807) is 0 Å². The van der Waals surface area contributed by atoms with E-state index >= 15 is 0 Å². The SMILES string of the molecule is CC1CN(CC2CCCN2)CCN1C. The maximum atomic E-state index is 3.57. The first kappa shape index (κ1) is 10.4. The summed E-state index contributed by atoms with van der Waals surface area (Å²) in [6.07, 6.45) is 2.74. The highest BCUT2D eigenvalue weighted by Crippen LogP contribution is 2.11. The molecule has 2 atom stereocenters. The first-order chi connectivity index (χ1) is 6.75. The molecule has 0 bridgehead atoms. The fourth-order valence-corrected chi connectivity index (χ4v) is 2.51. The molecule has 0 aromatic heterocycles. The van der Waals surface area contributed by atoms with E-state index in [1.165, 1.54) is 45.6 Å². The molecule has 82 valence electrons. The number of nitrogens with zero attached hydrogens (tertiary/aromatic N) is 2. The van der Waals surface area contributed by atoms with Gasteiger partial charge in [-0.3, -0.25) is 4.90 Å². The van der Waals surface area contributed by atoms with Crippen LogP contribution in [0.25, 0.3) is 0 Å². The molecule has 2 rings (SSSR count). The molecule has 0 amide bonds. The number of rotatable bonds is 2. The molecule has 2 fully saturated rings. The lowest BCUT2D eigenvalue weighted by Crippen LogP contribution is -2.52.